The van der Waals surface area contributed by atoms with Crippen molar-refractivity contribution in [2.24, 2.45) is 0 Å². The number of nitrogens with zero attached hydrogens (tertiary/aromatic N) is 4. The monoisotopic (exact) mass is 1110 g/mol. The Labute approximate surface area is 434 Å². The Morgan fingerprint density at radius 1 is 0.592 bits per heavy atom. The second-order valence-electron chi connectivity index (χ2n) is 19.7. The van der Waals surface area contributed by atoms with Gasteiger partial charge in [0.1, 0.15) is 5.58 Å². The fraction of sp³-hybridized carbons (Fsp3) is 0.200. The molecule has 3 aromatic heterocycles. The van der Waals surface area contributed by atoms with Crippen LogP contribution in [0.1, 0.15) is 111 Å². The van der Waals surface area contributed by atoms with Crippen molar-refractivity contribution in [3.63, 3.8) is 0 Å². The summed E-state index contributed by atoms with van der Waals surface area (Å²) in [7, 11) is 0. The van der Waals surface area contributed by atoms with E-state index in [2.05, 4.69) is 174 Å². The van der Waals surface area contributed by atoms with Gasteiger partial charge in [-0.15, -0.1) is 54.1 Å². The van der Waals surface area contributed by atoms with E-state index < -0.39 is 6.85 Å². The molecule has 6 heteroatoms. The molecule has 12 aromatic rings. The van der Waals surface area contributed by atoms with Crippen LogP contribution >= 0.6 is 0 Å². The molecular weight excluding hydrogens is 1040 g/mol. The van der Waals surface area contributed by atoms with Crippen LogP contribution in [0, 0.1) is 19.0 Å². The molecule has 5 nitrogen and oxygen atoms in total. The molecule has 12 rings (SSSR count). The van der Waals surface area contributed by atoms with Crippen LogP contribution in [0.4, 0.5) is 0 Å². The molecule has 0 aliphatic rings. The normalized spacial score (nSPS) is 12.6. The number of fused-ring (bicyclic) bond motifs is 8. The van der Waals surface area contributed by atoms with Gasteiger partial charge in [0.25, 0.3) is 0 Å². The van der Waals surface area contributed by atoms with E-state index in [1.54, 1.807) is 6.07 Å². The zero-order valence-corrected chi connectivity index (χ0v) is 43.8. The molecule has 0 atom stereocenters. The Hall–Kier alpha value is -7.11. The van der Waals surface area contributed by atoms with Crippen molar-refractivity contribution in [1.29, 1.82) is 0 Å². The van der Waals surface area contributed by atoms with Gasteiger partial charge in [-0.2, -0.15) is 0 Å². The third-order valence-corrected chi connectivity index (χ3v) is 13.9. The number of aromatic nitrogens is 4. The second kappa shape index (κ2) is 19.2. The van der Waals surface area contributed by atoms with Crippen LogP contribution in [0.2, 0.25) is 0 Å². The molecule has 0 aliphatic carbocycles. The summed E-state index contributed by atoms with van der Waals surface area (Å²) in [6.07, 6.45) is 0. The van der Waals surface area contributed by atoms with Gasteiger partial charge in [-0.05, 0) is 116 Å². The van der Waals surface area contributed by atoms with Crippen molar-refractivity contribution in [2.75, 3.05) is 0 Å². The van der Waals surface area contributed by atoms with Crippen molar-refractivity contribution in [3.8, 4) is 34.2 Å². The molecule has 3 heterocycles. The summed E-state index contributed by atoms with van der Waals surface area (Å²) in [6.45, 7) is 15.8. The molecule has 0 N–H and O–H groups in total. The van der Waals surface area contributed by atoms with Gasteiger partial charge in [-0.3, -0.25) is 9.97 Å². The van der Waals surface area contributed by atoms with Crippen LogP contribution in [0.15, 0.2) is 168 Å². The van der Waals surface area contributed by atoms with Crippen LogP contribution in [0.25, 0.3) is 99.7 Å². The number of para-hydroxylation sites is 6. The Bertz CT molecular complexity index is 3990. The van der Waals surface area contributed by atoms with E-state index in [4.69, 9.17) is 18.5 Å². The first kappa shape index (κ1) is 43.9. The molecule has 0 saturated heterocycles. The molecule has 9 aromatic carbocycles. The van der Waals surface area contributed by atoms with Gasteiger partial charge in [-0.1, -0.05) is 157 Å². The molecule has 0 radical (unpaired) electrons. The number of aryl methyl sites for hydroxylation is 1. The van der Waals surface area contributed by atoms with Crippen molar-refractivity contribution in [2.45, 2.75) is 85.9 Å². The van der Waals surface area contributed by atoms with E-state index in [1.807, 2.05) is 60.7 Å². The molecule has 0 bridgehead atoms. The third-order valence-electron chi connectivity index (χ3n) is 13.9. The maximum absolute atomic E-state index is 8.07. The first-order valence-electron chi connectivity index (χ1n) is 26.1. The van der Waals surface area contributed by atoms with Crippen molar-refractivity contribution in [1.82, 2.24) is 14.5 Å². The number of hydrogen-bond donors (Lipinski definition) is 0. The SMILES string of the molecule is CC(C)c1cccc(C(C)C)c1-n1c(-c2[c-]cccc2)nc2ccccc21.[2H]C([2H])([2H])c1cccc2c1ccc1cc3c(cc12)oc1c(-c2[n-]c4ccccc4[n+]2-c2c(C(C)C)cccc2C(C)C)[c-]ccc13.[Ir+3]. The molecular formula is C65H58IrN4O+. The van der Waals surface area contributed by atoms with Gasteiger partial charge in [0.05, 0.1) is 39.3 Å². The standard InChI is InChI=1S/C40H33N2O.C25H25N2.Ir/c1-23(2)27-12-9-13-28(24(3)4)38(27)42-36-18-7-6-17-35(36)41-40(42)32-16-10-15-31-34-21-26-19-20-29-25(5)11-8-14-30(29)33(26)22-37(34)43-39(31)32;1-17(2)20-13-10-14-21(18(3)4)24(20)27-23-16-9-8-15-22(23)26-25(27)19-11-6-5-7-12-19;/h6-15,17-24H,1-5H3;5-11,13-18H,1-4H3;/q2*-1;+3/i5D3;;. The zero-order chi connectivity index (χ0) is 50.9. The fourth-order valence-electron chi connectivity index (χ4n) is 10.4. The predicted molar refractivity (Wildman–Crippen MR) is 292 cm³/mol. The van der Waals surface area contributed by atoms with Crippen LogP contribution < -0.4 is 9.55 Å². The summed E-state index contributed by atoms with van der Waals surface area (Å²) in [5, 5.41) is 5.60. The minimum atomic E-state index is -2.20. The molecule has 0 saturated carbocycles. The van der Waals surface area contributed by atoms with E-state index in [-0.39, 0.29) is 20.1 Å². The summed E-state index contributed by atoms with van der Waals surface area (Å²) in [4.78, 5) is 10.2. The average Bonchev–Trinajstić information content (AvgIpc) is 4.09. The Morgan fingerprint density at radius 2 is 1.27 bits per heavy atom. The van der Waals surface area contributed by atoms with E-state index in [9.17, 15) is 0 Å². The second-order valence-corrected chi connectivity index (χ2v) is 19.7. The summed E-state index contributed by atoms with van der Waals surface area (Å²) >= 11 is 0. The van der Waals surface area contributed by atoms with Gasteiger partial charge in [0, 0.05) is 20.9 Å². The first-order valence-corrected chi connectivity index (χ1v) is 24.6. The quantitative estimate of drug-likeness (QED) is 0.0865. The van der Waals surface area contributed by atoms with E-state index in [1.165, 1.54) is 33.6 Å². The fourth-order valence-corrected chi connectivity index (χ4v) is 10.4. The molecule has 0 amide bonds. The average molecular weight is 1110 g/mol. The predicted octanol–water partition coefficient (Wildman–Crippen LogP) is 17.0. The molecule has 352 valence electrons. The van der Waals surface area contributed by atoms with Crippen molar-refractivity contribution < 1.29 is 33.2 Å². The number of benzene rings is 9. The molecule has 0 fully saturated rings. The van der Waals surface area contributed by atoms with Crippen molar-refractivity contribution >= 4 is 65.6 Å². The van der Waals surface area contributed by atoms with E-state index in [0.717, 1.165) is 88.3 Å². The van der Waals surface area contributed by atoms with Crippen LogP contribution in [0.3, 0.4) is 0 Å². The Balaban J connectivity index is 0.000000191. The van der Waals surface area contributed by atoms with Crippen LogP contribution in [-0.2, 0) is 20.1 Å². The van der Waals surface area contributed by atoms with Crippen LogP contribution in [0.5, 0.6) is 0 Å². The van der Waals surface area contributed by atoms with Gasteiger partial charge in [0.2, 0.25) is 0 Å². The van der Waals surface area contributed by atoms with Crippen molar-refractivity contribution in [3.05, 3.63) is 204 Å². The van der Waals surface area contributed by atoms with Gasteiger partial charge < -0.3 is 13.6 Å². The molecule has 0 unspecified atom stereocenters. The molecule has 0 aliphatic heterocycles. The topological polar surface area (TPSA) is 48.9 Å². The number of imidazole rings is 2. The van der Waals surface area contributed by atoms with Gasteiger partial charge >= 0.3 is 20.1 Å². The maximum Gasteiger partial charge on any atom is 3.00 e. The minimum Gasteiger partial charge on any atom is -0.501 e. The maximum atomic E-state index is 8.07. The first-order chi connectivity index (χ1) is 35.2. The number of rotatable bonds is 8. The number of hydrogen-bond acceptors (Lipinski definition) is 2. The summed E-state index contributed by atoms with van der Waals surface area (Å²) in [6, 6.07) is 62.6. The van der Waals surface area contributed by atoms with E-state index >= 15 is 0 Å². The van der Waals surface area contributed by atoms with Gasteiger partial charge in [0.15, 0.2) is 0 Å². The zero-order valence-electron chi connectivity index (χ0n) is 44.4. The minimum absolute atomic E-state index is 0. The summed E-state index contributed by atoms with van der Waals surface area (Å²) in [5.41, 5.74) is 15.4. The smallest absolute Gasteiger partial charge is 0.501 e. The van der Waals surface area contributed by atoms with Crippen LogP contribution in [-0.4, -0.2) is 9.55 Å². The third kappa shape index (κ3) is 8.27. The Morgan fingerprint density at radius 3 is 1.97 bits per heavy atom. The van der Waals surface area contributed by atoms with E-state index in [0.29, 0.717) is 29.2 Å². The molecule has 0 spiro atoms. The van der Waals surface area contributed by atoms with Gasteiger partial charge in [-0.25, -0.2) is 0 Å². The largest absolute Gasteiger partial charge is 3.00 e. The summed E-state index contributed by atoms with van der Waals surface area (Å²) in [5.74, 6) is 3.20. The molecule has 71 heavy (non-hydrogen) atoms. The summed E-state index contributed by atoms with van der Waals surface area (Å²) < 4.78 is 35.6. The number of furan rings is 1. The Kier molecular flexibility index (Phi) is 11.9.